The minimum absolute atomic E-state index is 0.0222. The molecule has 10 heteroatoms. The molecule has 2 N–H and O–H groups in total. The number of nitrogens with zero attached hydrogens (tertiary/aromatic N) is 2. The second kappa shape index (κ2) is 7.84. The van der Waals surface area contributed by atoms with Gasteiger partial charge in [0.15, 0.2) is 0 Å². The molecule has 1 fully saturated rings. The van der Waals surface area contributed by atoms with E-state index in [1.165, 1.54) is 6.07 Å². The summed E-state index contributed by atoms with van der Waals surface area (Å²) in [4.78, 5) is 5.11. The Morgan fingerprint density at radius 2 is 1.82 bits per heavy atom. The molecular weight excluding hydrogens is 388 g/mol. The van der Waals surface area contributed by atoms with Gasteiger partial charge in [0, 0.05) is 25.0 Å². The zero-order valence-electron chi connectivity index (χ0n) is 14.7. The SMILES string of the molecule is OC(CN1CCCNCC1)c1cc(C(F)(F)F)nc2c(C(F)(F)F)cccc12. The Morgan fingerprint density at radius 1 is 1.07 bits per heavy atom. The molecule has 1 unspecified atom stereocenters. The molecule has 1 aromatic carbocycles. The van der Waals surface area contributed by atoms with Gasteiger partial charge in [0.05, 0.1) is 17.2 Å². The molecular formula is C18H19F6N3O. The molecule has 4 nitrogen and oxygen atoms in total. The highest BCUT2D eigenvalue weighted by atomic mass is 19.4. The van der Waals surface area contributed by atoms with Crippen LogP contribution in [0.25, 0.3) is 10.9 Å². The molecule has 1 aromatic heterocycles. The van der Waals surface area contributed by atoms with Crippen molar-refractivity contribution in [2.45, 2.75) is 24.9 Å². The Bertz CT molecular complexity index is 828. The van der Waals surface area contributed by atoms with Crippen molar-refractivity contribution in [1.29, 1.82) is 0 Å². The van der Waals surface area contributed by atoms with Gasteiger partial charge in [-0.15, -0.1) is 0 Å². The number of aliphatic hydroxyl groups is 1. The summed E-state index contributed by atoms with van der Waals surface area (Å²) in [6.45, 7) is 2.69. The summed E-state index contributed by atoms with van der Waals surface area (Å²) in [5.74, 6) is 0. The summed E-state index contributed by atoms with van der Waals surface area (Å²) in [6, 6.07) is 3.68. The topological polar surface area (TPSA) is 48.4 Å². The van der Waals surface area contributed by atoms with Crippen LogP contribution in [-0.2, 0) is 12.4 Å². The van der Waals surface area contributed by atoms with Crippen molar-refractivity contribution in [2.75, 3.05) is 32.7 Å². The lowest BCUT2D eigenvalue weighted by molar-refractivity contribution is -0.142. The molecule has 0 aliphatic carbocycles. The average Bonchev–Trinajstić information content (AvgIpc) is 2.87. The number of nitrogens with one attached hydrogen (secondary N) is 1. The minimum Gasteiger partial charge on any atom is -0.387 e. The molecule has 1 aliphatic rings. The Labute approximate surface area is 157 Å². The standard InChI is InChI=1S/C18H19F6N3O/c19-17(20,21)13-4-1-3-11-12(9-15(18(22,23)24)26-16(11)13)14(28)10-27-7-2-5-25-6-8-27/h1,3-4,9,14,25,28H,2,5-8,10H2. The Balaban J connectivity index is 2.09. The van der Waals surface area contributed by atoms with Crippen LogP contribution in [-0.4, -0.2) is 47.7 Å². The first-order valence-electron chi connectivity index (χ1n) is 8.76. The van der Waals surface area contributed by atoms with Gasteiger partial charge in [-0.3, -0.25) is 4.90 Å². The lowest BCUT2D eigenvalue weighted by atomic mass is 9.99. The fraction of sp³-hybridized carbons (Fsp3) is 0.500. The van der Waals surface area contributed by atoms with Gasteiger partial charge in [-0.2, -0.15) is 26.3 Å². The first-order chi connectivity index (χ1) is 13.1. The van der Waals surface area contributed by atoms with Crippen molar-refractivity contribution in [3.63, 3.8) is 0 Å². The number of hydrogen-bond acceptors (Lipinski definition) is 4. The van der Waals surface area contributed by atoms with Gasteiger partial charge < -0.3 is 10.4 Å². The number of β-amino-alcohol motifs (C(OH)–C–C–N with tert-alkyl or cyclic N) is 1. The zero-order valence-corrected chi connectivity index (χ0v) is 14.7. The number of fused-ring (bicyclic) bond motifs is 1. The summed E-state index contributed by atoms with van der Waals surface area (Å²) in [7, 11) is 0. The highest BCUT2D eigenvalue weighted by Crippen LogP contribution is 2.39. The number of benzene rings is 1. The number of para-hydroxylation sites is 1. The van der Waals surface area contributed by atoms with Crippen molar-refractivity contribution in [3.05, 3.63) is 41.1 Å². The van der Waals surface area contributed by atoms with Crippen LogP contribution in [0.3, 0.4) is 0 Å². The van der Waals surface area contributed by atoms with Crippen LogP contribution in [0.5, 0.6) is 0 Å². The molecule has 1 aliphatic heterocycles. The lowest BCUT2D eigenvalue weighted by Gasteiger charge is -2.24. The number of halogens is 6. The van der Waals surface area contributed by atoms with Crippen LogP contribution in [0, 0.1) is 0 Å². The first-order valence-corrected chi connectivity index (χ1v) is 8.76. The van der Waals surface area contributed by atoms with Crippen LogP contribution < -0.4 is 5.32 Å². The lowest BCUT2D eigenvalue weighted by Crippen LogP contribution is -2.32. The zero-order chi connectivity index (χ0) is 20.5. The van der Waals surface area contributed by atoms with E-state index in [0.29, 0.717) is 31.8 Å². The summed E-state index contributed by atoms with van der Waals surface area (Å²) in [6.07, 6.45) is -10.4. The predicted octanol–water partition coefficient (Wildman–Crippen LogP) is 3.60. The Morgan fingerprint density at radius 3 is 2.50 bits per heavy atom. The number of pyridine rings is 1. The highest BCUT2D eigenvalue weighted by Gasteiger charge is 2.38. The molecule has 28 heavy (non-hydrogen) atoms. The maximum atomic E-state index is 13.3. The summed E-state index contributed by atoms with van der Waals surface area (Å²) < 4.78 is 79.7. The van der Waals surface area contributed by atoms with Crippen molar-refractivity contribution < 1.29 is 31.4 Å². The largest absolute Gasteiger partial charge is 0.433 e. The molecule has 1 atom stereocenters. The van der Waals surface area contributed by atoms with E-state index in [1.54, 1.807) is 0 Å². The van der Waals surface area contributed by atoms with E-state index >= 15 is 0 Å². The second-order valence-corrected chi connectivity index (χ2v) is 6.71. The quantitative estimate of drug-likeness (QED) is 0.764. The van der Waals surface area contributed by atoms with Gasteiger partial charge >= 0.3 is 12.4 Å². The third-order valence-electron chi connectivity index (χ3n) is 4.69. The molecule has 0 saturated carbocycles. The van der Waals surface area contributed by atoms with Crippen LogP contribution in [0.2, 0.25) is 0 Å². The van der Waals surface area contributed by atoms with E-state index in [2.05, 4.69) is 10.3 Å². The normalized spacial score (nSPS) is 18.2. The smallest absolute Gasteiger partial charge is 0.387 e. The summed E-state index contributed by atoms with van der Waals surface area (Å²) >= 11 is 0. The number of hydrogen-bond donors (Lipinski definition) is 2. The molecule has 0 bridgehead atoms. The minimum atomic E-state index is -4.94. The number of aromatic nitrogens is 1. The van der Waals surface area contributed by atoms with Crippen molar-refractivity contribution in [3.8, 4) is 0 Å². The van der Waals surface area contributed by atoms with Gasteiger partial charge in [-0.1, -0.05) is 12.1 Å². The Kier molecular flexibility index (Phi) is 5.83. The van der Waals surface area contributed by atoms with Crippen molar-refractivity contribution >= 4 is 10.9 Å². The van der Waals surface area contributed by atoms with Gasteiger partial charge in [0.2, 0.25) is 0 Å². The van der Waals surface area contributed by atoms with Gasteiger partial charge in [-0.05, 0) is 37.2 Å². The number of aliphatic hydroxyl groups excluding tert-OH is 1. The van der Waals surface area contributed by atoms with E-state index in [1.807, 2.05) is 4.90 Å². The van der Waals surface area contributed by atoms with Crippen LogP contribution in [0.4, 0.5) is 26.3 Å². The van der Waals surface area contributed by atoms with E-state index in [4.69, 9.17) is 0 Å². The summed E-state index contributed by atoms with van der Waals surface area (Å²) in [5.41, 5.74) is -3.73. The maximum absolute atomic E-state index is 13.3. The first kappa shape index (κ1) is 20.8. The number of alkyl halides is 6. The molecule has 2 aromatic rings. The molecule has 0 spiro atoms. The second-order valence-electron chi connectivity index (χ2n) is 6.71. The van der Waals surface area contributed by atoms with E-state index < -0.39 is 35.2 Å². The predicted molar refractivity (Wildman–Crippen MR) is 90.6 cm³/mol. The molecule has 154 valence electrons. The van der Waals surface area contributed by atoms with Gasteiger partial charge in [0.25, 0.3) is 0 Å². The maximum Gasteiger partial charge on any atom is 0.433 e. The van der Waals surface area contributed by atoms with Crippen molar-refractivity contribution in [1.82, 2.24) is 15.2 Å². The average molecular weight is 407 g/mol. The fourth-order valence-corrected chi connectivity index (χ4v) is 3.35. The van der Waals surface area contributed by atoms with E-state index in [0.717, 1.165) is 19.0 Å². The van der Waals surface area contributed by atoms with Crippen LogP contribution >= 0.6 is 0 Å². The van der Waals surface area contributed by atoms with E-state index in [-0.39, 0.29) is 17.5 Å². The van der Waals surface area contributed by atoms with Crippen molar-refractivity contribution in [2.24, 2.45) is 0 Å². The van der Waals surface area contributed by atoms with Gasteiger partial charge in [-0.25, -0.2) is 4.98 Å². The Hall–Kier alpha value is -1.91. The van der Waals surface area contributed by atoms with E-state index in [9.17, 15) is 31.4 Å². The molecule has 1 saturated heterocycles. The number of rotatable bonds is 3. The van der Waals surface area contributed by atoms with Crippen LogP contribution in [0.1, 0.15) is 29.3 Å². The molecule has 0 amide bonds. The summed E-state index contributed by atoms with van der Waals surface area (Å²) in [5, 5.41) is 13.6. The molecule has 2 heterocycles. The highest BCUT2D eigenvalue weighted by molar-refractivity contribution is 5.86. The van der Waals surface area contributed by atoms with Gasteiger partial charge in [0.1, 0.15) is 5.69 Å². The van der Waals surface area contributed by atoms with Crippen LogP contribution in [0.15, 0.2) is 24.3 Å². The monoisotopic (exact) mass is 407 g/mol. The third-order valence-corrected chi connectivity index (χ3v) is 4.69. The fourth-order valence-electron chi connectivity index (χ4n) is 3.35. The molecule has 0 radical (unpaired) electrons. The molecule has 3 rings (SSSR count). The third kappa shape index (κ3) is 4.56.